The molecule has 2 aliphatic heterocycles. The van der Waals surface area contributed by atoms with Gasteiger partial charge in [0.15, 0.2) is 5.82 Å². The van der Waals surface area contributed by atoms with Crippen LogP contribution in [0.25, 0.3) is 0 Å². The van der Waals surface area contributed by atoms with Crippen molar-refractivity contribution in [1.29, 1.82) is 0 Å². The summed E-state index contributed by atoms with van der Waals surface area (Å²) in [4.78, 5) is 51.9. The molecule has 3 aromatic carbocycles. The summed E-state index contributed by atoms with van der Waals surface area (Å²) in [6.07, 6.45) is 6.65. The van der Waals surface area contributed by atoms with Gasteiger partial charge in [-0.05, 0) is 79.8 Å². The number of benzene rings is 3. The van der Waals surface area contributed by atoms with Crippen LogP contribution in [0.2, 0.25) is 5.02 Å². The van der Waals surface area contributed by atoms with E-state index < -0.39 is 29.6 Å². The van der Waals surface area contributed by atoms with Crippen LogP contribution in [0.5, 0.6) is 0 Å². The zero-order valence-corrected chi connectivity index (χ0v) is 26.8. The molecule has 12 heteroatoms. The molecule has 1 fully saturated rings. The number of nitrogens with zero attached hydrogens (tertiary/aromatic N) is 4. The Morgan fingerprint density at radius 1 is 1.04 bits per heavy atom. The van der Waals surface area contributed by atoms with Gasteiger partial charge in [0.05, 0.1) is 22.9 Å². The number of fused-ring (bicyclic) bond motifs is 1. The lowest BCUT2D eigenvalue weighted by atomic mass is 9.89. The third-order valence-electron chi connectivity index (χ3n) is 8.26. The Bertz CT molecular complexity index is 1730. The van der Waals surface area contributed by atoms with Crippen LogP contribution in [0, 0.1) is 5.82 Å². The highest BCUT2D eigenvalue weighted by Crippen LogP contribution is 2.38. The number of methoxy groups -OCH3 is 1. The van der Waals surface area contributed by atoms with Gasteiger partial charge in [-0.15, -0.1) is 0 Å². The molecule has 0 aromatic heterocycles. The molecule has 244 valence electrons. The van der Waals surface area contributed by atoms with Crippen molar-refractivity contribution in [2.75, 3.05) is 37.0 Å². The first kappa shape index (κ1) is 33.5. The number of rotatable bonds is 9. The van der Waals surface area contributed by atoms with E-state index in [0.29, 0.717) is 17.7 Å². The Hall–Kier alpha value is -4.87. The van der Waals surface area contributed by atoms with Crippen LogP contribution in [0.4, 0.5) is 21.5 Å². The van der Waals surface area contributed by atoms with Crippen molar-refractivity contribution in [2.24, 2.45) is 9.98 Å². The molecule has 1 atom stereocenters. The molecular weight excluding hydrogens is 625 g/mol. The maximum Gasteiger partial charge on any atom is 0.335 e. The first-order valence-electron chi connectivity index (χ1n) is 15.2. The Kier molecular flexibility index (Phi) is 10.8. The van der Waals surface area contributed by atoms with E-state index in [0.717, 1.165) is 37.2 Å². The number of carboxylic acid groups (broad SMARTS) is 1. The van der Waals surface area contributed by atoms with Gasteiger partial charge in [0.2, 0.25) is 0 Å². The Morgan fingerprint density at radius 3 is 2.45 bits per heavy atom. The van der Waals surface area contributed by atoms with Gasteiger partial charge in [0.25, 0.3) is 11.8 Å². The van der Waals surface area contributed by atoms with Crippen LogP contribution in [0.15, 0.2) is 82.9 Å². The number of ether oxygens (including phenoxy) is 1. The lowest BCUT2D eigenvalue weighted by molar-refractivity contribution is -0.134. The number of aromatic carboxylic acids is 1. The van der Waals surface area contributed by atoms with Crippen LogP contribution in [0.1, 0.15) is 47.3 Å². The minimum absolute atomic E-state index is 0.0662. The molecule has 1 saturated heterocycles. The SMILES string of the molecule is C\C=C/N=C(\C=N\c1cccc(Cl)c1F)C(=O)N1CCc2c(cccc2N2CCC(OC)CC2)C1C(=O)Nc1ccc(C(=O)O)cc1. The molecule has 5 rings (SSSR count). The highest BCUT2D eigenvalue weighted by atomic mass is 35.5. The molecule has 0 radical (unpaired) electrons. The third-order valence-corrected chi connectivity index (χ3v) is 8.55. The lowest BCUT2D eigenvalue weighted by Crippen LogP contribution is -2.48. The van der Waals surface area contributed by atoms with Gasteiger partial charge in [0.1, 0.15) is 17.4 Å². The van der Waals surface area contributed by atoms with E-state index in [2.05, 4.69) is 20.2 Å². The van der Waals surface area contributed by atoms with Crippen molar-refractivity contribution >= 4 is 58.4 Å². The monoisotopic (exact) mass is 659 g/mol. The number of carboxylic acids is 1. The summed E-state index contributed by atoms with van der Waals surface area (Å²) in [7, 11) is 1.72. The quantitative estimate of drug-likeness (QED) is 0.262. The maximum absolute atomic E-state index is 14.6. The first-order chi connectivity index (χ1) is 22.7. The largest absolute Gasteiger partial charge is 0.478 e. The predicted molar refractivity (Wildman–Crippen MR) is 181 cm³/mol. The number of piperidine rings is 1. The molecule has 0 saturated carbocycles. The van der Waals surface area contributed by atoms with E-state index in [4.69, 9.17) is 16.3 Å². The summed E-state index contributed by atoms with van der Waals surface area (Å²) in [6.45, 7) is 3.52. The molecule has 2 heterocycles. The number of hydrogen-bond donors (Lipinski definition) is 2. The standard InChI is InChI=1S/C35H35ClFN5O5/c1-3-17-38-29(21-39-28-8-5-7-27(36)31(28)37)34(44)42-20-16-25-26(6-4-9-30(25)41-18-14-24(47-2)15-19-41)32(42)33(43)40-23-12-10-22(11-13-23)35(45)46/h3-13,17,21,24,32H,14-16,18-20H2,1-2H3,(H,40,43)(H,45,46)/b17-3-,38-29+,39-21+. The van der Waals surface area contributed by atoms with Gasteiger partial charge in [-0.3, -0.25) is 14.6 Å². The third kappa shape index (κ3) is 7.58. The first-order valence-corrected chi connectivity index (χ1v) is 15.6. The smallest absolute Gasteiger partial charge is 0.335 e. The van der Waals surface area contributed by atoms with Gasteiger partial charge in [-0.2, -0.15) is 0 Å². The second-order valence-electron chi connectivity index (χ2n) is 11.1. The van der Waals surface area contributed by atoms with Crippen molar-refractivity contribution in [3.05, 3.63) is 100 Å². The van der Waals surface area contributed by atoms with Crippen molar-refractivity contribution in [3.63, 3.8) is 0 Å². The predicted octanol–water partition coefficient (Wildman–Crippen LogP) is 6.23. The van der Waals surface area contributed by atoms with E-state index in [9.17, 15) is 23.9 Å². The number of anilines is 2. The van der Waals surface area contributed by atoms with E-state index in [-0.39, 0.29) is 34.6 Å². The molecule has 1 unspecified atom stereocenters. The van der Waals surface area contributed by atoms with E-state index in [1.54, 1.807) is 26.2 Å². The minimum Gasteiger partial charge on any atom is -0.478 e. The van der Waals surface area contributed by atoms with Crippen LogP contribution >= 0.6 is 11.6 Å². The number of aliphatic imine (C=N–C) groups is 2. The topological polar surface area (TPSA) is 124 Å². The highest BCUT2D eigenvalue weighted by molar-refractivity contribution is 6.61. The molecule has 0 spiro atoms. The molecule has 2 N–H and O–H groups in total. The number of amides is 2. The van der Waals surface area contributed by atoms with Gasteiger partial charge < -0.3 is 25.0 Å². The fraction of sp³-hybridized carbons (Fsp3) is 0.286. The average Bonchev–Trinajstić information content (AvgIpc) is 3.09. The van der Waals surface area contributed by atoms with Crippen molar-refractivity contribution < 1.29 is 28.6 Å². The van der Waals surface area contributed by atoms with Gasteiger partial charge in [-0.25, -0.2) is 14.2 Å². The molecule has 47 heavy (non-hydrogen) atoms. The molecule has 3 aromatic rings. The summed E-state index contributed by atoms with van der Waals surface area (Å²) in [5.41, 5.74) is 2.92. The second kappa shape index (κ2) is 15.1. The summed E-state index contributed by atoms with van der Waals surface area (Å²) in [5.74, 6) is -2.88. The Labute approximate surface area is 277 Å². The Balaban J connectivity index is 1.52. The molecule has 2 aliphatic rings. The highest BCUT2D eigenvalue weighted by Gasteiger charge is 2.39. The van der Waals surface area contributed by atoms with Gasteiger partial charge >= 0.3 is 5.97 Å². The fourth-order valence-corrected chi connectivity index (χ4v) is 6.02. The molecule has 0 aliphatic carbocycles. The lowest BCUT2D eigenvalue weighted by Gasteiger charge is -2.40. The van der Waals surface area contributed by atoms with Gasteiger partial charge in [-0.1, -0.05) is 35.9 Å². The molecule has 2 amide bonds. The summed E-state index contributed by atoms with van der Waals surface area (Å²) >= 11 is 5.92. The van der Waals surface area contributed by atoms with Crippen LogP contribution in [0.3, 0.4) is 0 Å². The van der Waals surface area contributed by atoms with Crippen LogP contribution in [-0.2, 0) is 20.7 Å². The summed E-state index contributed by atoms with van der Waals surface area (Å²) < 4.78 is 20.2. The summed E-state index contributed by atoms with van der Waals surface area (Å²) in [6, 6.07) is 14.8. The number of nitrogens with one attached hydrogen (secondary N) is 1. The van der Waals surface area contributed by atoms with E-state index in [1.165, 1.54) is 53.7 Å². The molecule has 10 nitrogen and oxygen atoms in total. The average molecular weight is 660 g/mol. The number of allylic oxidation sites excluding steroid dienone is 1. The van der Waals surface area contributed by atoms with Crippen LogP contribution in [-0.4, -0.2) is 72.6 Å². The number of carbonyl (C=O) groups is 3. The normalized spacial score (nSPS) is 17.3. The van der Waals surface area contributed by atoms with Crippen LogP contribution < -0.4 is 10.2 Å². The van der Waals surface area contributed by atoms with Crippen molar-refractivity contribution in [1.82, 2.24) is 4.90 Å². The number of hydrogen-bond acceptors (Lipinski definition) is 7. The second-order valence-corrected chi connectivity index (χ2v) is 11.5. The number of carbonyl (C=O) groups excluding carboxylic acids is 2. The molecule has 0 bridgehead atoms. The van der Waals surface area contributed by atoms with Crippen molar-refractivity contribution in [2.45, 2.75) is 38.3 Å². The zero-order valence-electron chi connectivity index (χ0n) is 26.0. The maximum atomic E-state index is 14.6. The fourth-order valence-electron chi connectivity index (χ4n) is 5.86. The Morgan fingerprint density at radius 2 is 1.77 bits per heavy atom. The van der Waals surface area contributed by atoms with Crippen molar-refractivity contribution in [3.8, 4) is 0 Å². The van der Waals surface area contributed by atoms with E-state index >= 15 is 0 Å². The minimum atomic E-state index is -1.09. The zero-order chi connectivity index (χ0) is 33.5. The molecular formula is C35H35ClFN5O5. The summed E-state index contributed by atoms with van der Waals surface area (Å²) in [5, 5.41) is 12.0. The number of halogens is 2. The van der Waals surface area contributed by atoms with E-state index in [1.807, 2.05) is 18.2 Å². The van der Waals surface area contributed by atoms with Gasteiger partial charge in [0, 0.05) is 44.3 Å².